The van der Waals surface area contributed by atoms with Crippen molar-refractivity contribution in [2.45, 2.75) is 6.42 Å². The van der Waals surface area contributed by atoms with Crippen molar-refractivity contribution in [1.29, 1.82) is 0 Å². The first-order valence-electron chi connectivity index (χ1n) is 7.65. The molecule has 124 valence electrons. The number of carbonyl (C=O) groups excluding carboxylic acids is 1. The third kappa shape index (κ3) is 4.26. The normalized spacial score (nSPS) is 10.2. The molecule has 0 aliphatic carbocycles. The summed E-state index contributed by atoms with van der Waals surface area (Å²) in [5.74, 6) is -0.222. The summed E-state index contributed by atoms with van der Waals surface area (Å²) in [5.41, 5.74) is 3.21. The number of non-ortho nitro benzene ring substituents is 1. The zero-order chi connectivity index (χ0) is 17.6. The van der Waals surface area contributed by atoms with Gasteiger partial charge in [0.1, 0.15) is 0 Å². The van der Waals surface area contributed by atoms with E-state index in [1.807, 2.05) is 24.3 Å². The van der Waals surface area contributed by atoms with Crippen LogP contribution in [0.15, 0.2) is 73.1 Å². The average molecular weight is 333 g/mol. The fourth-order valence-electron chi connectivity index (χ4n) is 2.43. The number of nitrogens with zero attached hydrogens (tertiary/aromatic N) is 2. The lowest BCUT2D eigenvalue weighted by molar-refractivity contribution is -0.384. The molecule has 1 N–H and O–H groups in total. The second kappa shape index (κ2) is 7.35. The Hall–Kier alpha value is -3.54. The number of nitro groups is 1. The summed E-state index contributed by atoms with van der Waals surface area (Å²) in [4.78, 5) is 26.4. The Balaban J connectivity index is 1.71. The maximum absolute atomic E-state index is 12.2. The van der Waals surface area contributed by atoms with Crippen LogP contribution in [0.5, 0.6) is 0 Å². The van der Waals surface area contributed by atoms with Crippen LogP contribution < -0.4 is 5.32 Å². The molecule has 1 aromatic heterocycles. The number of rotatable bonds is 5. The molecule has 25 heavy (non-hydrogen) atoms. The average Bonchev–Trinajstić information content (AvgIpc) is 2.63. The van der Waals surface area contributed by atoms with Gasteiger partial charge in [-0.05, 0) is 41.8 Å². The summed E-state index contributed by atoms with van der Waals surface area (Å²) in [6.45, 7) is 0. The fourth-order valence-corrected chi connectivity index (χ4v) is 2.43. The maximum Gasteiger partial charge on any atom is 0.269 e. The first kappa shape index (κ1) is 16.3. The number of hydrogen-bond acceptors (Lipinski definition) is 4. The minimum absolute atomic E-state index is 0.0706. The molecule has 0 saturated carbocycles. The molecule has 6 heteroatoms. The van der Waals surface area contributed by atoms with Crippen molar-refractivity contribution in [2.24, 2.45) is 0 Å². The first-order valence-corrected chi connectivity index (χ1v) is 7.65. The van der Waals surface area contributed by atoms with E-state index in [1.165, 1.54) is 18.3 Å². The molecule has 0 aliphatic rings. The third-order valence-corrected chi connectivity index (χ3v) is 3.66. The molecule has 3 aromatic rings. The van der Waals surface area contributed by atoms with Crippen LogP contribution in [0.3, 0.4) is 0 Å². The SMILES string of the molecule is O=C(Nc1cccc(Cc2ccc([N+](=O)[O-])cc2)c1)c1cccnc1. The maximum atomic E-state index is 12.2. The van der Waals surface area contributed by atoms with Crippen LogP contribution in [0, 0.1) is 10.1 Å². The second-order valence-corrected chi connectivity index (χ2v) is 5.50. The van der Waals surface area contributed by atoms with Crippen molar-refractivity contribution in [2.75, 3.05) is 5.32 Å². The Bertz CT molecular complexity index is 893. The number of pyridine rings is 1. The molecule has 0 radical (unpaired) electrons. The van der Waals surface area contributed by atoms with Gasteiger partial charge >= 0.3 is 0 Å². The third-order valence-electron chi connectivity index (χ3n) is 3.66. The molecule has 0 bridgehead atoms. The van der Waals surface area contributed by atoms with Crippen LogP contribution in [0.25, 0.3) is 0 Å². The topological polar surface area (TPSA) is 85.1 Å². The van der Waals surface area contributed by atoms with Crippen LogP contribution >= 0.6 is 0 Å². The van der Waals surface area contributed by atoms with E-state index in [0.29, 0.717) is 17.7 Å². The molecule has 0 aliphatic heterocycles. The predicted molar refractivity (Wildman–Crippen MR) is 94.5 cm³/mol. The number of nitro benzene ring substituents is 1. The smallest absolute Gasteiger partial charge is 0.269 e. The highest BCUT2D eigenvalue weighted by Gasteiger charge is 2.07. The van der Waals surface area contributed by atoms with E-state index in [1.54, 1.807) is 30.5 Å². The summed E-state index contributed by atoms with van der Waals surface area (Å²) in [6, 6.07) is 17.4. The number of benzene rings is 2. The zero-order valence-corrected chi connectivity index (χ0v) is 13.3. The minimum atomic E-state index is -0.418. The Morgan fingerprint density at radius 3 is 2.52 bits per heavy atom. The van der Waals surface area contributed by atoms with Crippen molar-refractivity contribution in [1.82, 2.24) is 4.98 Å². The molecule has 0 atom stereocenters. The van der Waals surface area contributed by atoms with Gasteiger partial charge in [-0.1, -0.05) is 24.3 Å². The fraction of sp³-hybridized carbons (Fsp3) is 0.0526. The van der Waals surface area contributed by atoms with Gasteiger partial charge in [-0.3, -0.25) is 19.9 Å². The number of carbonyl (C=O) groups is 1. The van der Waals surface area contributed by atoms with Crippen molar-refractivity contribution < 1.29 is 9.72 Å². The molecule has 2 aromatic carbocycles. The Kier molecular flexibility index (Phi) is 4.80. The quantitative estimate of drug-likeness (QED) is 0.568. The molecule has 1 heterocycles. The number of anilines is 1. The van der Waals surface area contributed by atoms with Crippen LogP contribution in [-0.4, -0.2) is 15.8 Å². The largest absolute Gasteiger partial charge is 0.322 e. The van der Waals surface area contributed by atoms with E-state index in [4.69, 9.17) is 0 Å². The van der Waals surface area contributed by atoms with Gasteiger partial charge in [-0.2, -0.15) is 0 Å². The molecule has 1 amide bonds. The molecule has 3 rings (SSSR count). The minimum Gasteiger partial charge on any atom is -0.322 e. The summed E-state index contributed by atoms with van der Waals surface area (Å²) in [7, 11) is 0. The van der Waals surface area contributed by atoms with Gasteiger partial charge < -0.3 is 5.32 Å². The molecule has 6 nitrogen and oxygen atoms in total. The van der Waals surface area contributed by atoms with Gasteiger partial charge in [-0.25, -0.2) is 0 Å². The van der Waals surface area contributed by atoms with Crippen molar-refractivity contribution in [3.8, 4) is 0 Å². The summed E-state index contributed by atoms with van der Waals surface area (Å²) < 4.78 is 0. The highest BCUT2D eigenvalue weighted by Crippen LogP contribution is 2.18. The van der Waals surface area contributed by atoms with Gasteiger partial charge in [0, 0.05) is 30.2 Å². The zero-order valence-electron chi connectivity index (χ0n) is 13.3. The number of nitrogens with one attached hydrogen (secondary N) is 1. The van der Waals surface area contributed by atoms with Crippen molar-refractivity contribution in [3.63, 3.8) is 0 Å². The first-order chi connectivity index (χ1) is 12.1. The molecule has 0 unspecified atom stereocenters. The highest BCUT2D eigenvalue weighted by atomic mass is 16.6. The van der Waals surface area contributed by atoms with E-state index in [-0.39, 0.29) is 11.6 Å². The number of aromatic nitrogens is 1. The van der Waals surface area contributed by atoms with E-state index >= 15 is 0 Å². The Morgan fingerprint density at radius 2 is 1.84 bits per heavy atom. The monoisotopic (exact) mass is 333 g/mol. The van der Waals surface area contributed by atoms with Crippen LogP contribution in [-0.2, 0) is 6.42 Å². The van der Waals surface area contributed by atoms with Gasteiger partial charge in [0.05, 0.1) is 10.5 Å². The number of hydrogen-bond donors (Lipinski definition) is 1. The summed E-state index contributed by atoms with van der Waals surface area (Å²) >= 11 is 0. The van der Waals surface area contributed by atoms with E-state index < -0.39 is 4.92 Å². The Morgan fingerprint density at radius 1 is 1.04 bits per heavy atom. The van der Waals surface area contributed by atoms with Gasteiger partial charge in [-0.15, -0.1) is 0 Å². The van der Waals surface area contributed by atoms with Crippen LogP contribution in [0.4, 0.5) is 11.4 Å². The van der Waals surface area contributed by atoms with Gasteiger partial charge in [0.2, 0.25) is 0 Å². The molecular formula is C19H15N3O3. The van der Waals surface area contributed by atoms with Gasteiger partial charge in [0.25, 0.3) is 11.6 Å². The van der Waals surface area contributed by atoms with E-state index in [0.717, 1.165) is 11.1 Å². The molecule has 0 fully saturated rings. The number of amides is 1. The predicted octanol–water partition coefficient (Wildman–Crippen LogP) is 3.83. The lowest BCUT2D eigenvalue weighted by atomic mass is 10.0. The van der Waals surface area contributed by atoms with Crippen molar-refractivity contribution in [3.05, 3.63) is 99.9 Å². The van der Waals surface area contributed by atoms with Crippen molar-refractivity contribution >= 4 is 17.3 Å². The highest BCUT2D eigenvalue weighted by molar-refractivity contribution is 6.04. The second-order valence-electron chi connectivity index (χ2n) is 5.50. The molecule has 0 saturated heterocycles. The Labute approximate surface area is 144 Å². The summed E-state index contributed by atoms with van der Waals surface area (Å²) in [5, 5.41) is 13.5. The lowest BCUT2D eigenvalue weighted by Crippen LogP contribution is -2.12. The molecular weight excluding hydrogens is 318 g/mol. The van der Waals surface area contributed by atoms with Crippen LogP contribution in [0.2, 0.25) is 0 Å². The van der Waals surface area contributed by atoms with E-state index in [9.17, 15) is 14.9 Å². The standard InChI is InChI=1S/C19H15N3O3/c23-19(16-4-2-10-20-13-16)21-17-5-1-3-15(12-17)11-14-6-8-18(9-7-14)22(24)25/h1-10,12-13H,11H2,(H,21,23). The summed E-state index contributed by atoms with van der Waals surface area (Å²) in [6.07, 6.45) is 3.74. The lowest BCUT2D eigenvalue weighted by Gasteiger charge is -2.08. The van der Waals surface area contributed by atoms with Gasteiger partial charge in [0.15, 0.2) is 0 Å². The van der Waals surface area contributed by atoms with E-state index in [2.05, 4.69) is 10.3 Å². The van der Waals surface area contributed by atoms with Crippen LogP contribution in [0.1, 0.15) is 21.5 Å². The molecule has 0 spiro atoms.